The summed E-state index contributed by atoms with van der Waals surface area (Å²) >= 11 is 0. The Bertz CT molecular complexity index is 877. The van der Waals surface area contributed by atoms with E-state index in [4.69, 9.17) is 10.5 Å². The SMILES string of the molecule is Nc1ccc(-c2ccc3c(c2)CCC2(COC(=O)C2)C3=O)cc1F. The molecule has 2 N–H and O–H groups in total. The number of nitrogen functional groups attached to an aromatic ring is 1. The summed E-state index contributed by atoms with van der Waals surface area (Å²) in [7, 11) is 0. The van der Waals surface area contributed by atoms with Gasteiger partial charge in [-0.05, 0) is 41.7 Å². The Balaban J connectivity index is 1.71. The van der Waals surface area contributed by atoms with E-state index in [0.717, 1.165) is 16.7 Å². The molecule has 1 aliphatic carbocycles. The van der Waals surface area contributed by atoms with Gasteiger partial charge in [-0.25, -0.2) is 4.39 Å². The van der Waals surface area contributed by atoms with Gasteiger partial charge in [0.05, 0.1) is 17.5 Å². The third-order valence-corrected chi connectivity index (χ3v) is 5.03. The lowest BCUT2D eigenvalue weighted by molar-refractivity contribution is -0.137. The van der Waals surface area contributed by atoms with Gasteiger partial charge in [0.15, 0.2) is 5.78 Å². The molecule has 2 aliphatic rings. The van der Waals surface area contributed by atoms with Crippen LogP contribution in [0.4, 0.5) is 10.1 Å². The number of fused-ring (bicyclic) bond motifs is 1. The predicted octanol–water partition coefficient (Wildman–Crippen LogP) is 3.14. The van der Waals surface area contributed by atoms with Crippen molar-refractivity contribution in [3.8, 4) is 11.1 Å². The number of esters is 1. The zero-order valence-electron chi connectivity index (χ0n) is 13.0. The van der Waals surface area contributed by atoms with Crippen LogP contribution in [0, 0.1) is 11.2 Å². The van der Waals surface area contributed by atoms with Gasteiger partial charge in [-0.3, -0.25) is 9.59 Å². The second-order valence-corrected chi connectivity index (χ2v) is 6.56. The minimum absolute atomic E-state index is 0.0235. The van der Waals surface area contributed by atoms with Crippen LogP contribution >= 0.6 is 0 Å². The Morgan fingerprint density at radius 3 is 2.54 bits per heavy atom. The molecule has 122 valence electrons. The number of Topliss-reactive ketones (excluding diaryl/α,β-unsaturated/α-hetero) is 1. The highest BCUT2D eigenvalue weighted by atomic mass is 19.1. The Morgan fingerprint density at radius 1 is 1.08 bits per heavy atom. The fraction of sp³-hybridized carbons (Fsp3) is 0.263. The van der Waals surface area contributed by atoms with Crippen LogP contribution in [0.15, 0.2) is 36.4 Å². The van der Waals surface area contributed by atoms with Crippen molar-refractivity contribution in [1.82, 2.24) is 0 Å². The number of hydrogen-bond acceptors (Lipinski definition) is 4. The van der Waals surface area contributed by atoms with Crippen molar-refractivity contribution in [2.24, 2.45) is 5.41 Å². The summed E-state index contributed by atoms with van der Waals surface area (Å²) in [5.74, 6) is -0.785. The molecule has 2 aromatic rings. The van der Waals surface area contributed by atoms with Crippen LogP contribution in [-0.2, 0) is 16.0 Å². The Morgan fingerprint density at radius 2 is 1.83 bits per heavy atom. The second kappa shape index (κ2) is 5.16. The van der Waals surface area contributed by atoms with Gasteiger partial charge in [-0.1, -0.05) is 24.3 Å². The first-order valence-electron chi connectivity index (χ1n) is 7.87. The summed E-state index contributed by atoms with van der Waals surface area (Å²) in [5, 5.41) is 0. The van der Waals surface area contributed by atoms with Crippen molar-refractivity contribution < 1.29 is 18.7 Å². The lowest BCUT2D eigenvalue weighted by Gasteiger charge is -2.30. The molecule has 0 aromatic heterocycles. The zero-order valence-corrected chi connectivity index (χ0v) is 13.0. The molecule has 2 aromatic carbocycles. The molecule has 1 unspecified atom stereocenters. The molecule has 0 amide bonds. The van der Waals surface area contributed by atoms with E-state index in [1.54, 1.807) is 18.2 Å². The molecule has 1 saturated heterocycles. The minimum Gasteiger partial charge on any atom is -0.465 e. The van der Waals surface area contributed by atoms with Crippen molar-refractivity contribution in [3.63, 3.8) is 0 Å². The molecule has 1 spiro atoms. The molecule has 0 bridgehead atoms. The van der Waals surface area contributed by atoms with Gasteiger partial charge in [-0.2, -0.15) is 0 Å². The Hall–Kier alpha value is -2.69. The molecule has 1 fully saturated rings. The summed E-state index contributed by atoms with van der Waals surface area (Å²) in [5.41, 5.74) is 8.06. The number of hydrogen-bond donors (Lipinski definition) is 1. The maximum atomic E-state index is 13.7. The second-order valence-electron chi connectivity index (χ2n) is 6.56. The fourth-order valence-electron chi connectivity index (χ4n) is 3.58. The molecular formula is C19H16FNO3. The van der Waals surface area contributed by atoms with Gasteiger partial charge in [0, 0.05) is 5.56 Å². The van der Waals surface area contributed by atoms with Crippen molar-refractivity contribution in [3.05, 3.63) is 53.3 Å². The van der Waals surface area contributed by atoms with Gasteiger partial charge in [0.25, 0.3) is 0 Å². The van der Waals surface area contributed by atoms with E-state index in [0.29, 0.717) is 18.4 Å². The number of nitrogens with two attached hydrogens (primary N) is 1. The van der Waals surface area contributed by atoms with Crippen LogP contribution in [0.3, 0.4) is 0 Å². The summed E-state index contributed by atoms with van der Waals surface area (Å²) in [6.07, 6.45) is 1.46. The quantitative estimate of drug-likeness (QED) is 0.646. The first kappa shape index (κ1) is 14.9. The third-order valence-electron chi connectivity index (χ3n) is 5.03. The molecule has 4 nitrogen and oxygen atoms in total. The summed E-state index contributed by atoms with van der Waals surface area (Å²) in [6.45, 7) is 0.176. The number of anilines is 1. The predicted molar refractivity (Wildman–Crippen MR) is 86.9 cm³/mol. The number of aryl methyl sites for hydroxylation is 1. The topological polar surface area (TPSA) is 69.4 Å². The normalized spacial score (nSPS) is 22.5. The van der Waals surface area contributed by atoms with Crippen LogP contribution in [0.5, 0.6) is 0 Å². The van der Waals surface area contributed by atoms with Crippen LogP contribution in [-0.4, -0.2) is 18.4 Å². The fourth-order valence-corrected chi connectivity index (χ4v) is 3.58. The van der Waals surface area contributed by atoms with Crippen molar-refractivity contribution in [2.45, 2.75) is 19.3 Å². The number of halogens is 1. The van der Waals surface area contributed by atoms with Gasteiger partial charge in [0.2, 0.25) is 0 Å². The van der Waals surface area contributed by atoms with E-state index < -0.39 is 11.2 Å². The highest BCUT2D eigenvalue weighted by Crippen LogP contribution is 2.43. The number of ether oxygens (including phenoxy) is 1. The summed E-state index contributed by atoms with van der Waals surface area (Å²) in [4.78, 5) is 24.3. The standard InChI is InChI=1S/C19H16FNO3/c20-15-8-12(2-4-16(15)21)11-1-3-14-13(7-11)5-6-19(18(14)23)9-17(22)24-10-19/h1-4,7-8H,5-6,9-10,21H2. The van der Waals surface area contributed by atoms with Crippen molar-refractivity contribution >= 4 is 17.4 Å². The van der Waals surface area contributed by atoms with Crippen molar-refractivity contribution in [1.29, 1.82) is 0 Å². The van der Waals surface area contributed by atoms with E-state index in [1.807, 2.05) is 6.07 Å². The lowest BCUT2D eigenvalue weighted by atomic mass is 9.69. The summed E-state index contributed by atoms with van der Waals surface area (Å²) in [6, 6.07) is 10.2. The Kier molecular flexibility index (Phi) is 3.20. The maximum absolute atomic E-state index is 13.7. The van der Waals surface area contributed by atoms with Crippen LogP contribution in [0.25, 0.3) is 11.1 Å². The van der Waals surface area contributed by atoms with Crippen molar-refractivity contribution in [2.75, 3.05) is 12.3 Å². The van der Waals surface area contributed by atoms with E-state index in [2.05, 4.69) is 0 Å². The number of benzene rings is 2. The molecule has 1 aliphatic heterocycles. The first-order valence-corrected chi connectivity index (χ1v) is 7.87. The molecule has 24 heavy (non-hydrogen) atoms. The van der Waals surface area contributed by atoms with E-state index in [1.165, 1.54) is 12.1 Å². The molecule has 1 atom stereocenters. The highest BCUT2D eigenvalue weighted by Gasteiger charge is 2.49. The third kappa shape index (κ3) is 2.19. The van der Waals surface area contributed by atoms with E-state index in [-0.39, 0.29) is 30.5 Å². The zero-order chi connectivity index (χ0) is 16.9. The minimum atomic E-state index is -0.696. The van der Waals surface area contributed by atoms with Gasteiger partial charge >= 0.3 is 5.97 Å². The number of cyclic esters (lactones) is 1. The lowest BCUT2D eigenvalue weighted by Crippen LogP contribution is -2.36. The number of rotatable bonds is 1. The molecule has 5 heteroatoms. The van der Waals surface area contributed by atoms with Crippen LogP contribution in [0.1, 0.15) is 28.8 Å². The van der Waals surface area contributed by atoms with Gasteiger partial charge in [0.1, 0.15) is 12.4 Å². The average molecular weight is 325 g/mol. The maximum Gasteiger partial charge on any atom is 0.306 e. The highest BCUT2D eigenvalue weighted by molar-refractivity contribution is 6.05. The average Bonchev–Trinajstić information content (AvgIpc) is 2.96. The summed E-state index contributed by atoms with van der Waals surface area (Å²) < 4.78 is 18.7. The largest absolute Gasteiger partial charge is 0.465 e. The van der Waals surface area contributed by atoms with Gasteiger partial charge in [-0.15, -0.1) is 0 Å². The molecule has 4 rings (SSSR count). The molecule has 0 saturated carbocycles. The number of ketones is 1. The Labute approximate surface area is 138 Å². The van der Waals surface area contributed by atoms with Gasteiger partial charge < -0.3 is 10.5 Å². The van der Waals surface area contributed by atoms with Crippen LogP contribution < -0.4 is 5.73 Å². The van der Waals surface area contributed by atoms with E-state index in [9.17, 15) is 14.0 Å². The van der Waals surface area contributed by atoms with Crippen LogP contribution in [0.2, 0.25) is 0 Å². The first-order chi connectivity index (χ1) is 11.5. The van der Waals surface area contributed by atoms with E-state index >= 15 is 0 Å². The number of carbonyl (C=O) groups is 2. The number of carbonyl (C=O) groups excluding carboxylic acids is 2. The molecular weight excluding hydrogens is 309 g/mol. The monoisotopic (exact) mass is 325 g/mol. The molecule has 1 heterocycles. The molecule has 0 radical (unpaired) electrons. The smallest absolute Gasteiger partial charge is 0.306 e.